The van der Waals surface area contributed by atoms with Gasteiger partial charge in [0, 0.05) is 16.9 Å². The summed E-state index contributed by atoms with van der Waals surface area (Å²) in [6.07, 6.45) is 2.70. The van der Waals surface area contributed by atoms with Crippen molar-refractivity contribution >= 4 is 15.9 Å². The summed E-state index contributed by atoms with van der Waals surface area (Å²) in [5.74, 6) is 0.980. The van der Waals surface area contributed by atoms with E-state index in [1.807, 2.05) is 6.92 Å². The first-order chi connectivity index (χ1) is 8.93. The number of rotatable bonds is 7. The van der Waals surface area contributed by atoms with Crippen molar-refractivity contribution in [3.63, 3.8) is 0 Å². The van der Waals surface area contributed by atoms with Crippen molar-refractivity contribution in [1.82, 2.24) is 0 Å². The predicted octanol–water partition coefficient (Wildman–Crippen LogP) is 4.38. The van der Waals surface area contributed by atoms with Crippen LogP contribution in [0.25, 0.3) is 0 Å². The highest BCUT2D eigenvalue weighted by atomic mass is 79.9. The number of aryl methyl sites for hydroxylation is 1. The smallest absolute Gasteiger partial charge is 0.125 e. The minimum Gasteiger partial charge on any atom is -0.493 e. The lowest BCUT2D eigenvalue weighted by molar-refractivity contribution is 0.315. The lowest BCUT2D eigenvalue weighted by Gasteiger charge is -2.17. The normalized spacial score (nSPS) is 12.3. The van der Waals surface area contributed by atoms with Crippen LogP contribution in [0.1, 0.15) is 37.8 Å². The molecule has 0 bridgehead atoms. The molecule has 0 spiro atoms. The Balaban J connectivity index is 2.89. The highest BCUT2D eigenvalue weighted by Crippen LogP contribution is 2.29. The van der Waals surface area contributed by atoms with Crippen LogP contribution in [0.4, 0.5) is 0 Å². The Labute approximate surface area is 125 Å². The van der Waals surface area contributed by atoms with E-state index in [0.29, 0.717) is 6.61 Å². The summed E-state index contributed by atoms with van der Waals surface area (Å²) in [4.78, 5) is 0. The van der Waals surface area contributed by atoms with Crippen LogP contribution in [0, 0.1) is 6.92 Å². The van der Waals surface area contributed by atoms with Gasteiger partial charge in [-0.3, -0.25) is 0 Å². The van der Waals surface area contributed by atoms with E-state index in [0.717, 1.165) is 40.6 Å². The summed E-state index contributed by atoms with van der Waals surface area (Å²) in [5.41, 5.74) is 9.54. The molecule has 1 aromatic rings. The number of hydrogen-bond acceptors (Lipinski definition) is 2. The van der Waals surface area contributed by atoms with Crippen LogP contribution in [-0.2, 0) is 6.42 Å². The molecule has 1 aromatic carbocycles. The first-order valence-corrected chi connectivity index (χ1v) is 7.55. The van der Waals surface area contributed by atoms with Gasteiger partial charge in [0.15, 0.2) is 0 Å². The zero-order valence-electron chi connectivity index (χ0n) is 12.1. The molecular weight excluding hydrogens is 302 g/mol. The molecule has 1 unspecified atom stereocenters. The molecule has 1 rings (SSSR count). The second kappa shape index (κ2) is 7.71. The topological polar surface area (TPSA) is 35.2 Å². The van der Waals surface area contributed by atoms with Crippen molar-refractivity contribution in [2.75, 3.05) is 6.61 Å². The quantitative estimate of drug-likeness (QED) is 0.755. The van der Waals surface area contributed by atoms with E-state index in [9.17, 15) is 0 Å². The Kier molecular flexibility index (Phi) is 6.59. The molecule has 19 heavy (non-hydrogen) atoms. The zero-order valence-corrected chi connectivity index (χ0v) is 13.7. The van der Waals surface area contributed by atoms with Crippen LogP contribution in [0.2, 0.25) is 0 Å². The lowest BCUT2D eigenvalue weighted by Crippen LogP contribution is -2.22. The van der Waals surface area contributed by atoms with Gasteiger partial charge < -0.3 is 10.5 Å². The summed E-state index contributed by atoms with van der Waals surface area (Å²) < 4.78 is 7.02. The molecule has 106 valence electrons. The van der Waals surface area contributed by atoms with Gasteiger partial charge in [0.25, 0.3) is 0 Å². The lowest BCUT2D eigenvalue weighted by atomic mass is 10.0. The van der Waals surface area contributed by atoms with Gasteiger partial charge in [0.2, 0.25) is 0 Å². The molecule has 2 nitrogen and oxygen atoms in total. The monoisotopic (exact) mass is 325 g/mol. The van der Waals surface area contributed by atoms with Crippen molar-refractivity contribution < 1.29 is 4.74 Å². The van der Waals surface area contributed by atoms with Crippen LogP contribution in [0.3, 0.4) is 0 Å². The Morgan fingerprint density at radius 3 is 2.74 bits per heavy atom. The van der Waals surface area contributed by atoms with Crippen LogP contribution < -0.4 is 10.5 Å². The van der Waals surface area contributed by atoms with Gasteiger partial charge >= 0.3 is 0 Å². The van der Waals surface area contributed by atoms with Crippen LogP contribution in [-0.4, -0.2) is 12.6 Å². The maximum absolute atomic E-state index is 6.07. The second-order valence-corrected chi connectivity index (χ2v) is 6.05. The van der Waals surface area contributed by atoms with Gasteiger partial charge in [0.05, 0.1) is 6.61 Å². The fourth-order valence-electron chi connectivity index (χ4n) is 1.91. The van der Waals surface area contributed by atoms with Gasteiger partial charge in [-0.1, -0.05) is 28.4 Å². The summed E-state index contributed by atoms with van der Waals surface area (Å²) in [6.45, 7) is 10.8. The third kappa shape index (κ3) is 5.37. The highest BCUT2D eigenvalue weighted by molar-refractivity contribution is 9.10. The molecule has 0 saturated heterocycles. The van der Waals surface area contributed by atoms with Gasteiger partial charge in [0.1, 0.15) is 5.75 Å². The Morgan fingerprint density at radius 1 is 1.47 bits per heavy atom. The predicted molar refractivity (Wildman–Crippen MR) is 85.8 cm³/mol. The fourth-order valence-corrected chi connectivity index (χ4v) is 2.53. The minimum absolute atomic E-state index is 0.178. The number of benzene rings is 1. The minimum atomic E-state index is 0.178. The largest absolute Gasteiger partial charge is 0.493 e. The molecule has 0 heterocycles. The fraction of sp³-hybridized carbons (Fsp3) is 0.500. The molecule has 0 amide bonds. The van der Waals surface area contributed by atoms with Crippen LogP contribution in [0.5, 0.6) is 5.75 Å². The van der Waals surface area contributed by atoms with E-state index in [-0.39, 0.29) is 6.04 Å². The number of nitrogens with two attached hydrogens (primary N) is 1. The van der Waals surface area contributed by atoms with E-state index < -0.39 is 0 Å². The van der Waals surface area contributed by atoms with Crippen molar-refractivity contribution in [3.05, 3.63) is 39.9 Å². The van der Waals surface area contributed by atoms with Crippen molar-refractivity contribution in [3.8, 4) is 5.75 Å². The van der Waals surface area contributed by atoms with Crippen molar-refractivity contribution in [1.29, 1.82) is 0 Å². The molecule has 0 aliphatic heterocycles. The maximum atomic E-state index is 6.07. The Morgan fingerprint density at radius 2 is 2.16 bits per heavy atom. The number of ether oxygens (including phenoxy) is 1. The van der Waals surface area contributed by atoms with Gasteiger partial charge in [-0.15, -0.1) is 6.58 Å². The van der Waals surface area contributed by atoms with E-state index in [1.165, 1.54) is 5.56 Å². The summed E-state index contributed by atoms with van der Waals surface area (Å²) in [5, 5.41) is 0. The maximum Gasteiger partial charge on any atom is 0.125 e. The van der Waals surface area contributed by atoms with E-state index in [2.05, 4.69) is 48.5 Å². The molecule has 2 N–H and O–H groups in total. The highest BCUT2D eigenvalue weighted by Gasteiger charge is 2.12. The van der Waals surface area contributed by atoms with Crippen LogP contribution in [0.15, 0.2) is 28.8 Å². The number of halogens is 1. The first kappa shape index (κ1) is 16.3. The summed E-state index contributed by atoms with van der Waals surface area (Å²) >= 11 is 3.54. The molecule has 0 aliphatic carbocycles. The SMILES string of the molecule is C=C(C)CCOc1c(C)cc(Br)cc1CC(N)CC. The van der Waals surface area contributed by atoms with Crippen molar-refractivity contribution in [2.45, 2.75) is 46.1 Å². The Bertz CT molecular complexity index is 443. The standard InChI is InChI=1S/C16H24BrNO/c1-5-15(18)10-13-9-14(17)8-12(4)16(13)19-7-6-11(2)3/h8-9,15H,2,5-7,10,18H2,1,3-4H3. The average molecular weight is 326 g/mol. The Hall–Kier alpha value is -0.800. The average Bonchev–Trinajstić information content (AvgIpc) is 2.31. The van der Waals surface area contributed by atoms with E-state index >= 15 is 0 Å². The summed E-state index contributed by atoms with van der Waals surface area (Å²) in [7, 11) is 0. The molecule has 0 radical (unpaired) electrons. The molecule has 0 aromatic heterocycles. The first-order valence-electron chi connectivity index (χ1n) is 6.75. The van der Waals surface area contributed by atoms with Gasteiger partial charge in [-0.05, 0) is 49.9 Å². The number of hydrogen-bond donors (Lipinski definition) is 1. The molecule has 0 fully saturated rings. The molecule has 3 heteroatoms. The van der Waals surface area contributed by atoms with E-state index in [1.54, 1.807) is 0 Å². The molecular formula is C16H24BrNO. The van der Waals surface area contributed by atoms with Crippen LogP contribution >= 0.6 is 15.9 Å². The second-order valence-electron chi connectivity index (χ2n) is 5.14. The molecule has 0 saturated carbocycles. The zero-order chi connectivity index (χ0) is 14.4. The van der Waals surface area contributed by atoms with Gasteiger partial charge in [-0.25, -0.2) is 0 Å². The van der Waals surface area contributed by atoms with Gasteiger partial charge in [-0.2, -0.15) is 0 Å². The third-order valence-corrected chi connectivity index (χ3v) is 3.56. The summed E-state index contributed by atoms with van der Waals surface area (Å²) in [6, 6.07) is 4.37. The van der Waals surface area contributed by atoms with Crippen molar-refractivity contribution in [2.24, 2.45) is 5.73 Å². The van der Waals surface area contributed by atoms with E-state index in [4.69, 9.17) is 10.5 Å². The molecule has 0 aliphatic rings. The third-order valence-electron chi connectivity index (χ3n) is 3.10. The molecule has 1 atom stereocenters.